The maximum Gasteiger partial charge on any atom is 0.305 e. The van der Waals surface area contributed by atoms with E-state index < -0.39 is 5.25 Å². The molecule has 0 aliphatic carbocycles. The molecule has 7 heteroatoms. The van der Waals surface area contributed by atoms with E-state index in [0.717, 1.165) is 11.8 Å². The smallest absolute Gasteiger partial charge is 0.305 e. The van der Waals surface area contributed by atoms with Crippen molar-refractivity contribution in [1.82, 2.24) is 5.32 Å². The molecule has 0 spiro atoms. The van der Waals surface area contributed by atoms with Gasteiger partial charge in [-0.15, -0.1) is 0 Å². The minimum atomic E-state index is -0.470. The molecule has 0 aromatic rings. The molecular weight excluding hydrogens is 234 g/mol. The number of imide groups is 1. The van der Waals surface area contributed by atoms with Crippen molar-refractivity contribution in [3.05, 3.63) is 0 Å². The van der Waals surface area contributed by atoms with E-state index in [-0.39, 0.29) is 30.1 Å². The van der Waals surface area contributed by atoms with Crippen LogP contribution < -0.4 is 5.32 Å². The number of hydrogen-bond acceptors (Lipinski definition) is 6. The normalized spacial score (nSPS) is 19.7. The van der Waals surface area contributed by atoms with Crippen LogP contribution in [0.4, 0.5) is 4.79 Å². The highest BCUT2D eigenvalue weighted by Gasteiger charge is 2.31. The van der Waals surface area contributed by atoms with E-state index in [2.05, 4.69) is 5.32 Å². The summed E-state index contributed by atoms with van der Waals surface area (Å²) in [6.45, 7) is 0.557. The van der Waals surface area contributed by atoms with Gasteiger partial charge in [-0.05, 0) is 6.42 Å². The van der Waals surface area contributed by atoms with E-state index in [1.165, 1.54) is 7.11 Å². The van der Waals surface area contributed by atoms with E-state index in [1.807, 2.05) is 0 Å². The minimum absolute atomic E-state index is 0.127. The maximum atomic E-state index is 11.2. The largest absolute Gasteiger partial charge is 0.463 e. The van der Waals surface area contributed by atoms with Crippen molar-refractivity contribution in [3.63, 3.8) is 0 Å². The lowest BCUT2D eigenvalue weighted by molar-refractivity contribution is -0.145. The molecule has 0 bridgehead atoms. The standard InChI is InChI=1S/C9H13NO5S/c1-14-4-5-15-7(11)3-2-6-8(12)10-9(13)16-6/h6H,2-5H2,1H3,(H,10,12,13). The first-order valence-electron chi connectivity index (χ1n) is 4.79. The van der Waals surface area contributed by atoms with Crippen LogP contribution >= 0.6 is 11.8 Å². The number of thioether (sulfide) groups is 1. The SMILES string of the molecule is COCCOC(=O)CCC1SC(=O)NC1=O. The third-order valence-electron chi connectivity index (χ3n) is 1.93. The van der Waals surface area contributed by atoms with Gasteiger partial charge < -0.3 is 9.47 Å². The Hall–Kier alpha value is -1.08. The minimum Gasteiger partial charge on any atom is -0.463 e. The number of hydrogen-bond donors (Lipinski definition) is 1. The van der Waals surface area contributed by atoms with Crippen LogP contribution in [0.5, 0.6) is 0 Å². The fourth-order valence-electron chi connectivity index (χ4n) is 1.14. The van der Waals surface area contributed by atoms with Crippen molar-refractivity contribution < 1.29 is 23.9 Å². The molecule has 1 fully saturated rings. The summed E-state index contributed by atoms with van der Waals surface area (Å²) < 4.78 is 9.53. The molecule has 1 heterocycles. The summed E-state index contributed by atoms with van der Waals surface area (Å²) in [5.74, 6) is -0.718. The van der Waals surface area contributed by atoms with Gasteiger partial charge in [-0.3, -0.25) is 19.7 Å². The van der Waals surface area contributed by atoms with Crippen molar-refractivity contribution in [2.75, 3.05) is 20.3 Å². The van der Waals surface area contributed by atoms with E-state index in [0.29, 0.717) is 13.0 Å². The van der Waals surface area contributed by atoms with Gasteiger partial charge in [-0.25, -0.2) is 0 Å². The van der Waals surface area contributed by atoms with Gasteiger partial charge in [0.1, 0.15) is 6.61 Å². The topological polar surface area (TPSA) is 81.7 Å². The molecule has 1 atom stereocenters. The zero-order chi connectivity index (χ0) is 12.0. The highest BCUT2D eigenvalue weighted by molar-refractivity contribution is 8.15. The summed E-state index contributed by atoms with van der Waals surface area (Å²) in [6, 6.07) is 0. The summed E-state index contributed by atoms with van der Waals surface area (Å²) in [4.78, 5) is 33.1. The fourth-order valence-corrected chi connectivity index (χ4v) is 1.96. The predicted octanol–water partition coefficient (Wildman–Crippen LogP) is 0.308. The number of esters is 1. The number of carbonyl (C=O) groups excluding carboxylic acids is 3. The summed E-state index contributed by atoms with van der Waals surface area (Å²) in [5, 5.41) is 1.33. The Kier molecular flexibility index (Phi) is 5.27. The third-order valence-corrected chi connectivity index (χ3v) is 2.98. The number of nitrogens with one attached hydrogen (secondary N) is 1. The van der Waals surface area contributed by atoms with Crippen LogP contribution in [-0.2, 0) is 19.1 Å². The average Bonchev–Trinajstić information content (AvgIpc) is 2.55. The Morgan fingerprint density at radius 3 is 2.75 bits per heavy atom. The van der Waals surface area contributed by atoms with Crippen LogP contribution in [0.15, 0.2) is 0 Å². The van der Waals surface area contributed by atoms with Crippen molar-refractivity contribution in [2.24, 2.45) is 0 Å². The van der Waals surface area contributed by atoms with E-state index in [1.54, 1.807) is 0 Å². The zero-order valence-electron chi connectivity index (χ0n) is 8.86. The summed E-state index contributed by atoms with van der Waals surface area (Å²) in [5.41, 5.74) is 0. The second kappa shape index (κ2) is 6.49. The van der Waals surface area contributed by atoms with Crippen molar-refractivity contribution in [2.45, 2.75) is 18.1 Å². The first-order valence-corrected chi connectivity index (χ1v) is 5.67. The van der Waals surface area contributed by atoms with Gasteiger partial charge in [-0.1, -0.05) is 11.8 Å². The Labute approximate surface area is 97.0 Å². The molecule has 2 amide bonds. The number of ether oxygens (including phenoxy) is 2. The zero-order valence-corrected chi connectivity index (χ0v) is 9.67. The molecule has 6 nitrogen and oxygen atoms in total. The van der Waals surface area contributed by atoms with Crippen LogP contribution in [0.1, 0.15) is 12.8 Å². The lowest BCUT2D eigenvalue weighted by Crippen LogP contribution is -2.24. The van der Waals surface area contributed by atoms with Crippen LogP contribution in [0, 0.1) is 0 Å². The molecule has 0 radical (unpaired) electrons. The van der Waals surface area contributed by atoms with Crippen molar-refractivity contribution in [1.29, 1.82) is 0 Å². The second-order valence-corrected chi connectivity index (χ2v) is 4.31. The first-order chi connectivity index (χ1) is 7.63. The Morgan fingerprint density at radius 2 is 2.19 bits per heavy atom. The van der Waals surface area contributed by atoms with Crippen LogP contribution in [0.2, 0.25) is 0 Å². The Balaban J connectivity index is 2.16. The molecule has 0 saturated carbocycles. The second-order valence-electron chi connectivity index (χ2n) is 3.14. The molecule has 1 saturated heterocycles. The van der Waals surface area contributed by atoms with Crippen LogP contribution in [0.25, 0.3) is 0 Å². The molecule has 1 aliphatic heterocycles. The monoisotopic (exact) mass is 247 g/mol. The number of methoxy groups -OCH3 is 1. The predicted molar refractivity (Wildman–Crippen MR) is 57.0 cm³/mol. The summed E-state index contributed by atoms with van der Waals surface area (Å²) in [6.07, 6.45) is 0.441. The van der Waals surface area contributed by atoms with Gasteiger partial charge in [0, 0.05) is 13.5 Å². The molecule has 1 rings (SSSR count). The average molecular weight is 247 g/mol. The Morgan fingerprint density at radius 1 is 1.44 bits per heavy atom. The highest BCUT2D eigenvalue weighted by Crippen LogP contribution is 2.23. The van der Waals surface area contributed by atoms with Gasteiger partial charge in [0.15, 0.2) is 0 Å². The highest BCUT2D eigenvalue weighted by atomic mass is 32.2. The van der Waals surface area contributed by atoms with E-state index in [9.17, 15) is 14.4 Å². The molecule has 90 valence electrons. The summed E-state index contributed by atoms with van der Waals surface area (Å²) in [7, 11) is 1.51. The number of carbonyl (C=O) groups is 3. The lowest BCUT2D eigenvalue weighted by atomic mass is 10.2. The van der Waals surface area contributed by atoms with Crippen LogP contribution in [-0.4, -0.2) is 42.7 Å². The fraction of sp³-hybridized carbons (Fsp3) is 0.667. The molecule has 0 aromatic heterocycles. The van der Waals surface area contributed by atoms with Crippen molar-refractivity contribution in [3.8, 4) is 0 Å². The quantitative estimate of drug-likeness (QED) is 0.537. The van der Waals surface area contributed by atoms with E-state index in [4.69, 9.17) is 9.47 Å². The van der Waals surface area contributed by atoms with Gasteiger partial charge in [0.25, 0.3) is 5.24 Å². The molecule has 1 unspecified atom stereocenters. The molecule has 0 aromatic carbocycles. The molecule has 16 heavy (non-hydrogen) atoms. The van der Waals surface area contributed by atoms with Gasteiger partial charge in [-0.2, -0.15) is 0 Å². The maximum absolute atomic E-state index is 11.2. The lowest BCUT2D eigenvalue weighted by Gasteiger charge is -2.05. The number of rotatable bonds is 6. The molecule has 1 N–H and O–H groups in total. The van der Waals surface area contributed by atoms with Crippen molar-refractivity contribution >= 4 is 28.9 Å². The van der Waals surface area contributed by atoms with Gasteiger partial charge >= 0.3 is 5.97 Å². The Bertz CT molecular complexity index is 294. The first kappa shape index (κ1) is 13.0. The van der Waals surface area contributed by atoms with E-state index >= 15 is 0 Å². The van der Waals surface area contributed by atoms with Crippen LogP contribution in [0.3, 0.4) is 0 Å². The van der Waals surface area contributed by atoms with Gasteiger partial charge in [0.05, 0.1) is 11.9 Å². The molecular formula is C9H13NO5S. The third kappa shape index (κ3) is 4.19. The van der Waals surface area contributed by atoms with Gasteiger partial charge in [0.2, 0.25) is 5.91 Å². The number of amides is 2. The summed E-state index contributed by atoms with van der Waals surface area (Å²) >= 11 is 0.912. The molecule has 1 aliphatic rings.